The Labute approximate surface area is 90.8 Å². The zero-order chi connectivity index (χ0) is 10.2. The number of halogens is 2. The fraction of sp³-hybridized carbons (Fsp3) is 0.500. The Hall–Kier alpha value is -0.480. The van der Waals surface area contributed by atoms with Crippen LogP contribution in [-0.2, 0) is 5.54 Å². The predicted octanol–water partition coefficient (Wildman–Crippen LogP) is 2.71. The third-order valence-corrected chi connectivity index (χ3v) is 3.27. The second kappa shape index (κ2) is 3.59. The molecule has 0 aliphatic heterocycles. The van der Waals surface area contributed by atoms with Crippen LogP contribution < -0.4 is 5.73 Å². The first-order chi connectivity index (χ1) is 6.62. The summed E-state index contributed by atoms with van der Waals surface area (Å²) in [6.45, 7) is 0. The van der Waals surface area contributed by atoms with E-state index in [0.29, 0.717) is 5.56 Å². The van der Waals surface area contributed by atoms with Gasteiger partial charge in [0.2, 0.25) is 5.95 Å². The lowest BCUT2D eigenvalue weighted by atomic mass is 9.90. The third-order valence-electron chi connectivity index (χ3n) is 2.84. The van der Waals surface area contributed by atoms with Crippen molar-refractivity contribution in [1.82, 2.24) is 4.98 Å². The standard InChI is InChI=1S/C10H12BrFN2/c11-7-5-8(9(12)14-6-7)10(13)3-1-2-4-10/h5-6H,1-4,13H2. The summed E-state index contributed by atoms with van der Waals surface area (Å²) in [4.78, 5) is 3.67. The summed E-state index contributed by atoms with van der Waals surface area (Å²) in [5.74, 6) is -0.433. The normalized spacial score (nSPS) is 19.9. The number of aromatic nitrogens is 1. The van der Waals surface area contributed by atoms with Gasteiger partial charge in [0.1, 0.15) is 0 Å². The lowest BCUT2D eigenvalue weighted by Gasteiger charge is -2.24. The maximum absolute atomic E-state index is 13.5. The van der Waals surface area contributed by atoms with Crippen molar-refractivity contribution in [1.29, 1.82) is 0 Å². The molecule has 2 rings (SSSR count). The molecule has 0 bridgehead atoms. The minimum Gasteiger partial charge on any atom is -0.321 e. The molecule has 0 unspecified atom stereocenters. The number of rotatable bonds is 1. The molecule has 1 aromatic rings. The second-order valence-electron chi connectivity index (χ2n) is 3.86. The Morgan fingerprint density at radius 3 is 2.71 bits per heavy atom. The van der Waals surface area contributed by atoms with Gasteiger partial charge in [-0.15, -0.1) is 0 Å². The minimum atomic E-state index is -0.499. The van der Waals surface area contributed by atoms with Crippen molar-refractivity contribution in [3.63, 3.8) is 0 Å². The zero-order valence-corrected chi connectivity index (χ0v) is 9.35. The van der Waals surface area contributed by atoms with Crippen LogP contribution in [-0.4, -0.2) is 4.98 Å². The van der Waals surface area contributed by atoms with Gasteiger partial charge in [-0.2, -0.15) is 4.39 Å². The summed E-state index contributed by atoms with van der Waals surface area (Å²) in [7, 11) is 0. The summed E-state index contributed by atoms with van der Waals surface area (Å²) in [5.41, 5.74) is 6.20. The van der Waals surface area contributed by atoms with Gasteiger partial charge in [-0.25, -0.2) is 4.98 Å². The van der Waals surface area contributed by atoms with Crippen LogP contribution in [0.1, 0.15) is 31.2 Å². The van der Waals surface area contributed by atoms with E-state index >= 15 is 0 Å². The van der Waals surface area contributed by atoms with Gasteiger partial charge in [0, 0.05) is 21.8 Å². The Morgan fingerprint density at radius 1 is 1.43 bits per heavy atom. The van der Waals surface area contributed by atoms with E-state index in [2.05, 4.69) is 20.9 Å². The highest BCUT2D eigenvalue weighted by molar-refractivity contribution is 9.10. The van der Waals surface area contributed by atoms with Crippen molar-refractivity contribution in [3.05, 3.63) is 28.2 Å². The number of hydrogen-bond acceptors (Lipinski definition) is 2. The summed E-state index contributed by atoms with van der Waals surface area (Å²) in [6, 6.07) is 1.74. The Kier molecular flexibility index (Phi) is 2.58. The van der Waals surface area contributed by atoms with Crippen LogP contribution in [0.3, 0.4) is 0 Å². The van der Waals surface area contributed by atoms with E-state index in [-0.39, 0.29) is 0 Å². The first-order valence-corrected chi connectivity index (χ1v) is 5.51. The molecule has 0 spiro atoms. The predicted molar refractivity (Wildman–Crippen MR) is 56.2 cm³/mol. The van der Waals surface area contributed by atoms with Crippen LogP contribution >= 0.6 is 15.9 Å². The number of nitrogens with zero attached hydrogens (tertiary/aromatic N) is 1. The van der Waals surface area contributed by atoms with Crippen molar-refractivity contribution < 1.29 is 4.39 Å². The lowest BCUT2D eigenvalue weighted by molar-refractivity contribution is 0.422. The van der Waals surface area contributed by atoms with E-state index in [0.717, 1.165) is 30.2 Å². The van der Waals surface area contributed by atoms with Crippen LogP contribution in [0.4, 0.5) is 4.39 Å². The molecule has 14 heavy (non-hydrogen) atoms. The monoisotopic (exact) mass is 258 g/mol. The van der Waals surface area contributed by atoms with Gasteiger partial charge in [-0.1, -0.05) is 12.8 Å². The highest BCUT2D eigenvalue weighted by atomic mass is 79.9. The molecule has 0 amide bonds. The average molecular weight is 259 g/mol. The fourth-order valence-corrected chi connectivity index (χ4v) is 2.38. The van der Waals surface area contributed by atoms with Crippen LogP contribution in [0.5, 0.6) is 0 Å². The highest BCUT2D eigenvalue weighted by Crippen LogP contribution is 2.37. The van der Waals surface area contributed by atoms with Gasteiger partial charge in [-0.3, -0.25) is 0 Å². The fourth-order valence-electron chi connectivity index (χ4n) is 2.05. The number of pyridine rings is 1. The maximum atomic E-state index is 13.5. The van der Waals surface area contributed by atoms with E-state index in [1.165, 1.54) is 6.20 Å². The van der Waals surface area contributed by atoms with Crippen molar-refractivity contribution in [2.45, 2.75) is 31.2 Å². The molecule has 1 aliphatic rings. The Bertz CT molecular complexity index is 348. The van der Waals surface area contributed by atoms with E-state index in [1.807, 2.05) is 0 Å². The van der Waals surface area contributed by atoms with Crippen LogP contribution in [0.15, 0.2) is 16.7 Å². The first kappa shape index (κ1) is 10.1. The smallest absolute Gasteiger partial charge is 0.217 e. The minimum absolute atomic E-state index is 0.433. The van der Waals surface area contributed by atoms with Gasteiger partial charge in [0.25, 0.3) is 0 Å². The van der Waals surface area contributed by atoms with Gasteiger partial charge in [0.05, 0.1) is 0 Å². The Balaban J connectivity index is 2.44. The molecule has 0 saturated heterocycles. The average Bonchev–Trinajstić information content (AvgIpc) is 2.58. The molecule has 0 aromatic carbocycles. The topological polar surface area (TPSA) is 38.9 Å². The largest absolute Gasteiger partial charge is 0.321 e. The second-order valence-corrected chi connectivity index (χ2v) is 4.77. The summed E-state index contributed by atoms with van der Waals surface area (Å²) in [5, 5.41) is 0. The van der Waals surface area contributed by atoms with Gasteiger partial charge >= 0.3 is 0 Å². The molecule has 2 N–H and O–H groups in total. The molecule has 0 atom stereocenters. The SMILES string of the molecule is NC1(c2cc(Br)cnc2F)CCCC1. The van der Waals surface area contributed by atoms with Crippen LogP contribution in [0, 0.1) is 5.95 Å². The van der Waals surface area contributed by atoms with Crippen LogP contribution in [0.2, 0.25) is 0 Å². The van der Waals surface area contributed by atoms with E-state index in [9.17, 15) is 4.39 Å². The van der Waals surface area contributed by atoms with Gasteiger partial charge < -0.3 is 5.73 Å². The van der Waals surface area contributed by atoms with Crippen molar-refractivity contribution in [2.75, 3.05) is 0 Å². The molecule has 1 fully saturated rings. The molecule has 1 saturated carbocycles. The maximum Gasteiger partial charge on any atom is 0.217 e. The highest BCUT2D eigenvalue weighted by Gasteiger charge is 2.34. The number of nitrogens with two attached hydrogens (primary N) is 1. The van der Waals surface area contributed by atoms with Gasteiger partial charge in [-0.05, 0) is 34.8 Å². The molecule has 1 aromatic heterocycles. The molecule has 1 aliphatic carbocycles. The molecular weight excluding hydrogens is 247 g/mol. The first-order valence-electron chi connectivity index (χ1n) is 4.72. The molecule has 1 heterocycles. The molecule has 2 nitrogen and oxygen atoms in total. The van der Waals surface area contributed by atoms with Gasteiger partial charge in [0.15, 0.2) is 0 Å². The van der Waals surface area contributed by atoms with Crippen molar-refractivity contribution in [3.8, 4) is 0 Å². The van der Waals surface area contributed by atoms with E-state index in [4.69, 9.17) is 5.73 Å². The number of hydrogen-bond donors (Lipinski definition) is 1. The third kappa shape index (κ3) is 1.68. The molecule has 0 radical (unpaired) electrons. The van der Waals surface area contributed by atoms with Crippen LogP contribution in [0.25, 0.3) is 0 Å². The summed E-state index contributed by atoms with van der Waals surface area (Å²) < 4.78 is 14.2. The molecular formula is C10H12BrFN2. The van der Waals surface area contributed by atoms with Crippen molar-refractivity contribution in [2.24, 2.45) is 5.73 Å². The Morgan fingerprint density at radius 2 is 2.07 bits per heavy atom. The van der Waals surface area contributed by atoms with E-state index < -0.39 is 11.5 Å². The summed E-state index contributed by atoms with van der Waals surface area (Å²) in [6.07, 6.45) is 5.30. The van der Waals surface area contributed by atoms with E-state index in [1.54, 1.807) is 6.07 Å². The summed E-state index contributed by atoms with van der Waals surface area (Å²) >= 11 is 3.28. The molecule has 4 heteroatoms. The molecule has 76 valence electrons. The quantitative estimate of drug-likeness (QED) is 0.787. The lowest BCUT2D eigenvalue weighted by Crippen LogP contribution is -2.34. The zero-order valence-electron chi connectivity index (χ0n) is 7.76. The van der Waals surface area contributed by atoms with Crippen molar-refractivity contribution >= 4 is 15.9 Å².